The number of aliphatic imine (C=N–C) groups is 1. The summed E-state index contributed by atoms with van der Waals surface area (Å²) >= 11 is 0. The lowest BCUT2D eigenvalue weighted by Crippen LogP contribution is -1.84. The SMILES string of the molecule is C=Nc1cncc(C(C)C)ccccc1/C=C\C. The second-order valence-electron chi connectivity index (χ2n) is 4.28. The summed E-state index contributed by atoms with van der Waals surface area (Å²) in [4.78, 5) is 8.34. The number of rotatable bonds is 3. The quantitative estimate of drug-likeness (QED) is 0.703. The van der Waals surface area contributed by atoms with Gasteiger partial charge in [-0.25, -0.2) is 0 Å². The van der Waals surface area contributed by atoms with Gasteiger partial charge in [0.15, 0.2) is 0 Å². The van der Waals surface area contributed by atoms with E-state index in [0.717, 1.165) is 11.3 Å². The van der Waals surface area contributed by atoms with Crippen molar-refractivity contribution in [3.05, 3.63) is 53.9 Å². The van der Waals surface area contributed by atoms with Gasteiger partial charge < -0.3 is 0 Å². The molecule has 0 fully saturated rings. The Balaban J connectivity index is 3.43. The predicted molar refractivity (Wildman–Crippen MR) is 79.9 cm³/mol. The van der Waals surface area contributed by atoms with E-state index in [0.29, 0.717) is 5.92 Å². The number of nitrogens with zero attached hydrogens (tertiary/aromatic N) is 2. The molecule has 0 saturated heterocycles. The Morgan fingerprint density at radius 2 is 1.94 bits per heavy atom. The lowest BCUT2D eigenvalue weighted by atomic mass is 10.1. The van der Waals surface area contributed by atoms with Gasteiger partial charge in [-0.3, -0.25) is 9.98 Å². The summed E-state index contributed by atoms with van der Waals surface area (Å²) in [6, 6.07) is 8.13. The molecule has 0 spiro atoms. The highest BCUT2D eigenvalue weighted by Gasteiger charge is 1.95. The van der Waals surface area contributed by atoms with Crippen molar-refractivity contribution in [3.8, 4) is 0 Å². The second kappa shape index (κ2) is 7.38. The van der Waals surface area contributed by atoms with Gasteiger partial charge in [-0.05, 0) is 25.1 Å². The van der Waals surface area contributed by atoms with E-state index >= 15 is 0 Å². The first-order chi connectivity index (χ1) is 8.69. The minimum Gasteiger partial charge on any atom is -0.262 e. The van der Waals surface area contributed by atoms with Crippen molar-refractivity contribution >= 4 is 18.5 Å². The molecule has 1 heterocycles. The topological polar surface area (TPSA) is 25.2 Å². The van der Waals surface area contributed by atoms with Gasteiger partial charge in [-0.15, -0.1) is 0 Å². The molecule has 1 aromatic heterocycles. The van der Waals surface area contributed by atoms with Gasteiger partial charge in [0.05, 0.1) is 11.9 Å². The molecule has 94 valence electrons. The Hall–Kier alpha value is -1.96. The van der Waals surface area contributed by atoms with Gasteiger partial charge >= 0.3 is 0 Å². The van der Waals surface area contributed by atoms with Crippen LogP contribution in [0.25, 0.3) is 6.08 Å². The molecule has 0 aliphatic heterocycles. The first-order valence-corrected chi connectivity index (χ1v) is 6.10. The predicted octanol–water partition coefficient (Wildman–Crippen LogP) is 4.69. The minimum atomic E-state index is 0.449. The van der Waals surface area contributed by atoms with Crippen molar-refractivity contribution in [2.45, 2.75) is 26.7 Å². The summed E-state index contributed by atoms with van der Waals surface area (Å²) < 4.78 is 0. The molecule has 2 nitrogen and oxygen atoms in total. The van der Waals surface area contributed by atoms with E-state index in [1.54, 1.807) is 6.20 Å². The monoisotopic (exact) mass is 240 g/mol. The fourth-order valence-corrected chi connectivity index (χ4v) is 1.52. The van der Waals surface area contributed by atoms with E-state index < -0.39 is 0 Å². The summed E-state index contributed by atoms with van der Waals surface area (Å²) in [6.07, 6.45) is 7.59. The molecule has 0 aromatic carbocycles. The Morgan fingerprint density at radius 1 is 1.22 bits per heavy atom. The van der Waals surface area contributed by atoms with Crippen LogP contribution in [0.4, 0.5) is 5.69 Å². The van der Waals surface area contributed by atoms with Gasteiger partial charge in [0.2, 0.25) is 0 Å². The van der Waals surface area contributed by atoms with Crippen LogP contribution in [0.5, 0.6) is 0 Å². The molecule has 0 saturated carbocycles. The van der Waals surface area contributed by atoms with Crippen molar-refractivity contribution < 1.29 is 0 Å². The molecule has 0 unspecified atom stereocenters. The average molecular weight is 240 g/mol. The lowest BCUT2D eigenvalue weighted by Gasteiger charge is -2.00. The van der Waals surface area contributed by atoms with Crippen molar-refractivity contribution in [1.82, 2.24) is 4.98 Å². The van der Waals surface area contributed by atoms with E-state index in [9.17, 15) is 0 Å². The molecule has 0 atom stereocenters. The highest BCUT2D eigenvalue weighted by molar-refractivity contribution is 5.63. The third kappa shape index (κ3) is 4.13. The fraction of sp³-hybridized carbons (Fsp3) is 0.250. The molecule has 1 aromatic rings. The molecule has 0 bridgehead atoms. The summed E-state index contributed by atoms with van der Waals surface area (Å²) in [7, 11) is 0. The van der Waals surface area contributed by atoms with Crippen LogP contribution in [0.3, 0.4) is 0 Å². The van der Waals surface area contributed by atoms with Crippen LogP contribution in [-0.2, 0) is 0 Å². The Bertz CT molecular complexity index is 486. The molecule has 0 N–H and O–H groups in total. The van der Waals surface area contributed by atoms with Gasteiger partial charge in [0, 0.05) is 11.8 Å². The van der Waals surface area contributed by atoms with Crippen LogP contribution in [0.15, 0.2) is 47.7 Å². The first-order valence-electron chi connectivity index (χ1n) is 6.10. The molecule has 0 amide bonds. The normalized spacial score (nSPS) is 10.4. The van der Waals surface area contributed by atoms with E-state index in [1.165, 1.54) is 5.56 Å². The fourth-order valence-electron chi connectivity index (χ4n) is 1.52. The molecule has 0 aliphatic rings. The number of hydrogen-bond donors (Lipinski definition) is 0. The second-order valence-corrected chi connectivity index (χ2v) is 4.28. The maximum absolute atomic E-state index is 4.32. The van der Waals surface area contributed by atoms with Gasteiger partial charge in [-0.1, -0.05) is 50.3 Å². The number of hydrogen-bond acceptors (Lipinski definition) is 2. The van der Waals surface area contributed by atoms with Crippen LogP contribution in [0.2, 0.25) is 0 Å². The highest BCUT2D eigenvalue weighted by atomic mass is 14.7. The van der Waals surface area contributed by atoms with E-state index in [1.807, 2.05) is 43.5 Å². The number of allylic oxidation sites excluding steroid dienone is 1. The lowest BCUT2D eigenvalue weighted by molar-refractivity contribution is 0.861. The van der Waals surface area contributed by atoms with Crippen molar-refractivity contribution in [2.24, 2.45) is 4.99 Å². The summed E-state index contributed by atoms with van der Waals surface area (Å²) in [5, 5.41) is 0. The van der Waals surface area contributed by atoms with Crippen molar-refractivity contribution in [3.63, 3.8) is 0 Å². The van der Waals surface area contributed by atoms with Gasteiger partial charge in [0.1, 0.15) is 0 Å². The number of aromatic nitrogens is 1. The Morgan fingerprint density at radius 3 is 2.56 bits per heavy atom. The largest absolute Gasteiger partial charge is 0.262 e. The van der Waals surface area contributed by atoms with Gasteiger partial charge in [-0.2, -0.15) is 0 Å². The van der Waals surface area contributed by atoms with Gasteiger partial charge in [0.25, 0.3) is 0 Å². The zero-order valence-electron chi connectivity index (χ0n) is 11.3. The third-order valence-electron chi connectivity index (χ3n) is 2.57. The third-order valence-corrected chi connectivity index (χ3v) is 2.57. The molecule has 0 aliphatic carbocycles. The minimum absolute atomic E-state index is 0.449. The zero-order chi connectivity index (χ0) is 13.4. The Labute approximate surface area is 109 Å². The molecule has 2 heteroatoms. The maximum atomic E-state index is 4.32. The van der Waals surface area contributed by atoms with Crippen LogP contribution in [-0.4, -0.2) is 11.7 Å². The average Bonchev–Trinajstić information content (AvgIpc) is 2.36. The molecule has 18 heavy (non-hydrogen) atoms. The molecule has 0 radical (unpaired) electrons. The Kier molecular flexibility index (Phi) is 5.78. The van der Waals surface area contributed by atoms with Crippen LogP contribution >= 0.6 is 0 Å². The molecule has 1 rings (SSSR count). The molecular weight excluding hydrogens is 220 g/mol. The highest BCUT2D eigenvalue weighted by Crippen LogP contribution is 2.17. The van der Waals surface area contributed by atoms with E-state index in [2.05, 4.69) is 36.6 Å². The maximum Gasteiger partial charge on any atom is 0.0877 e. The van der Waals surface area contributed by atoms with Crippen LogP contribution in [0, 0.1) is 0 Å². The van der Waals surface area contributed by atoms with Crippen LogP contribution in [0.1, 0.15) is 37.8 Å². The van der Waals surface area contributed by atoms with E-state index in [4.69, 9.17) is 0 Å². The first kappa shape index (κ1) is 14.1. The summed E-state index contributed by atoms with van der Waals surface area (Å²) in [6.45, 7) is 9.86. The summed E-state index contributed by atoms with van der Waals surface area (Å²) in [5.41, 5.74) is 2.97. The standard InChI is InChI=1S/C16H20N2/c1-5-8-14-9-6-7-10-15(13(2)3)11-18-12-16(14)17-4/h5-13H,4H2,1-3H3/b7-6?,8-5-,9-6?,10-7?,14-9?,15-10?,15-11?,16-12?,16-14?,18-11?,18-12?. The van der Waals surface area contributed by atoms with Crippen LogP contribution < -0.4 is 0 Å². The summed E-state index contributed by atoms with van der Waals surface area (Å²) in [5.74, 6) is 0.449. The van der Waals surface area contributed by atoms with Crippen molar-refractivity contribution in [2.75, 3.05) is 0 Å². The smallest absolute Gasteiger partial charge is 0.0877 e. The van der Waals surface area contributed by atoms with E-state index in [-0.39, 0.29) is 0 Å². The van der Waals surface area contributed by atoms with Crippen molar-refractivity contribution in [1.29, 1.82) is 0 Å². The zero-order valence-corrected chi connectivity index (χ0v) is 11.3. The molecular formula is C16H20N2.